The van der Waals surface area contributed by atoms with Gasteiger partial charge in [0, 0.05) is 4.70 Å². The van der Waals surface area contributed by atoms with E-state index < -0.39 is 0 Å². The first-order valence-corrected chi connectivity index (χ1v) is 6.53. The number of fused-ring (bicyclic) bond motifs is 1. The number of Topliss-reactive ketones (excluding diaryl/α,β-unsaturated/α-hetero) is 1. The number of benzene rings is 1. The SMILES string of the molecule is CSCC(=O)c1cc2ccccc2s1. The second-order valence-corrected chi connectivity index (χ2v) is 4.95. The van der Waals surface area contributed by atoms with Gasteiger partial charge in [0.1, 0.15) is 0 Å². The summed E-state index contributed by atoms with van der Waals surface area (Å²) in [6.07, 6.45) is 1.95. The molecule has 3 heteroatoms. The summed E-state index contributed by atoms with van der Waals surface area (Å²) in [7, 11) is 0. The molecule has 2 aromatic rings. The fourth-order valence-corrected chi connectivity index (χ4v) is 2.83. The maximum Gasteiger partial charge on any atom is 0.182 e. The molecular weight excluding hydrogens is 212 g/mol. The molecule has 1 heterocycles. The van der Waals surface area contributed by atoms with Gasteiger partial charge in [0.25, 0.3) is 0 Å². The number of hydrogen-bond donors (Lipinski definition) is 0. The van der Waals surface area contributed by atoms with Crippen molar-refractivity contribution in [1.29, 1.82) is 0 Å². The molecule has 0 unspecified atom stereocenters. The van der Waals surface area contributed by atoms with Gasteiger partial charge in [-0.2, -0.15) is 11.8 Å². The van der Waals surface area contributed by atoms with Crippen LogP contribution in [0.5, 0.6) is 0 Å². The Bertz CT molecular complexity index is 426. The molecule has 0 aliphatic carbocycles. The van der Waals surface area contributed by atoms with Crippen LogP contribution in [0.15, 0.2) is 30.3 Å². The summed E-state index contributed by atoms with van der Waals surface area (Å²) in [4.78, 5) is 12.5. The van der Waals surface area contributed by atoms with Gasteiger partial charge in [-0.05, 0) is 23.8 Å². The number of thiophene rings is 1. The van der Waals surface area contributed by atoms with Crippen LogP contribution in [-0.2, 0) is 0 Å². The average molecular weight is 222 g/mol. The van der Waals surface area contributed by atoms with E-state index in [1.807, 2.05) is 30.5 Å². The molecule has 0 N–H and O–H groups in total. The summed E-state index contributed by atoms with van der Waals surface area (Å²) in [6.45, 7) is 0. The molecule has 0 fully saturated rings. The minimum Gasteiger partial charge on any atom is -0.292 e. The molecule has 1 nitrogen and oxygen atoms in total. The number of rotatable bonds is 3. The van der Waals surface area contributed by atoms with E-state index in [1.54, 1.807) is 23.1 Å². The van der Waals surface area contributed by atoms with E-state index in [0.717, 1.165) is 4.88 Å². The summed E-state index contributed by atoms with van der Waals surface area (Å²) in [6, 6.07) is 10.1. The van der Waals surface area contributed by atoms with Gasteiger partial charge in [-0.1, -0.05) is 18.2 Å². The molecule has 14 heavy (non-hydrogen) atoms. The Balaban J connectivity index is 2.40. The average Bonchev–Trinajstić information content (AvgIpc) is 2.61. The predicted molar refractivity (Wildman–Crippen MR) is 64.5 cm³/mol. The van der Waals surface area contributed by atoms with Crippen LogP contribution in [0.25, 0.3) is 10.1 Å². The molecule has 0 atom stereocenters. The Labute approximate surface area is 91.1 Å². The van der Waals surface area contributed by atoms with Crippen molar-refractivity contribution in [3.63, 3.8) is 0 Å². The Kier molecular flexibility index (Phi) is 2.89. The van der Waals surface area contributed by atoms with Crippen molar-refractivity contribution >= 4 is 39.0 Å². The van der Waals surface area contributed by atoms with E-state index in [0.29, 0.717) is 5.75 Å². The van der Waals surface area contributed by atoms with Gasteiger partial charge in [-0.25, -0.2) is 0 Å². The fraction of sp³-hybridized carbons (Fsp3) is 0.182. The summed E-state index contributed by atoms with van der Waals surface area (Å²) in [5.74, 6) is 0.811. The first-order valence-electron chi connectivity index (χ1n) is 4.32. The van der Waals surface area contributed by atoms with Crippen molar-refractivity contribution in [2.24, 2.45) is 0 Å². The second-order valence-electron chi connectivity index (χ2n) is 3.00. The number of thioether (sulfide) groups is 1. The number of carbonyl (C=O) groups excluding carboxylic acids is 1. The monoisotopic (exact) mass is 222 g/mol. The smallest absolute Gasteiger partial charge is 0.182 e. The van der Waals surface area contributed by atoms with Crippen LogP contribution < -0.4 is 0 Å². The van der Waals surface area contributed by atoms with Crippen molar-refractivity contribution in [2.45, 2.75) is 0 Å². The molecule has 72 valence electrons. The van der Waals surface area contributed by atoms with Crippen molar-refractivity contribution in [1.82, 2.24) is 0 Å². The zero-order valence-electron chi connectivity index (χ0n) is 7.82. The Morgan fingerprint density at radius 1 is 1.43 bits per heavy atom. The van der Waals surface area contributed by atoms with E-state index in [1.165, 1.54) is 10.1 Å². The highest BCUT2D eigenvalue weighted by molar-refractivity contribution is 7.99. The van der Waals surface area contributed by atoms with Gasteiger partial charge in [0.15, 0.2) is 5.78 Å². The lowest BCUT2D eigenvalue weighted by atomic mass is 10.2. The minimum absolute atomic E-state index is 0.235. The molecule has 0 aliphatic rings. The normalized spacial score (nSPS) is 10.6. The second kappa shape index (κ2) is 4.15. The van der Waals surface area contributed by atoms with Crippen molar-refractivity contribution in [2.75, 3.05) is 12.0 Å². The number of ketones is 1. The van der Waals surface area contributed by atoms with Gasteiger partial charge in [-0.3, -0.25) is 4.79 Å². The maximum absolute atomic E-state index is 11.6. The lowest BCUT2D eigenvalue weighted by molar-refractivity contribution is 0.102. The van der Waals surface area contributed by atoms with Crippen LogP contribution in [0, 0.1) is 0 Å². The summed E-state index contributed by atoms with van der Waals surface area (Å²) >= 11 is 3.15. The third-order valence-electron chi connectivity index (χ3n) is 1.98. The van der Waals surface area contributed by atoms with E-state index in [9.17, 15) is 4.79 Å². The van der Waals surface area contributed by atoms with E-state index in [-0.39, 0.29) is 5.78 Å². The highest BCUT2D eigenvalue weighted by atomic mass is 32.2. The van der Waals surface area contributed by atoms with E-state index in [2.05, 4.69) is 6.07 Å². The van der Waals surface area contributed by atoms with Crippen molar-refractivity contribution in [3.05, 3.63) is 35.2 Å². The van der Waals surface area contributed by atoms with Crippen LogP contribution in [0.4, 0.5) is 0 Å². The third-order valence-corrected chi connectivity index (χ3v) is 3.68. The third kappa shape index (κ3) is 1.83. The van der Waals surface area contributed by atoms with Crippen LogP contribution in [0.2, 0.25) is 0 Å². The van der Waals surface area contributed by atoms with Crippen LogP contribution in [0.1, 0.15) is 9.67 Å². The van der Waals surface area contributed by atoms with Gasteiger partial charge in [0.2, 0.25) is 0 Å². The summed E-state index contributed by atoms with van der Waals surface area (Å²) < 4.78 is 1.19. The van der Waals surface area contributed by atoms with Gasteiger partial charge in [-0.15, -0.1) is 11.3 Å². The first kappa shape index (κ1) is 9.74. The van der Waals surface area contributed by atoms with E-state index in [4.69, 9.17) is 0 Å². The largest absolute Gasteiger partial charge is 0.292 e. The van der Waals surface area contributed by atoms with Crippen LogP contribution >= 0.6 is 23.1 Å². The summed E-state index contributed by atoms with van der Waals surface area (Å²) in [5, 5.41) is 1.17. The Morgan fingerprint density at radius 3 is 2.93 bits per heavy atom. The zero-order chi connectivity index (χ0) is 9.97. The molecule has 0 radical (unpaired) electrons. The molecule has 0 amide bonds. The van der Waals surface area contributed by atoms with Crippen molar-refractivity contribution in [3.8, 4) is 0 Å². The number of carbonyl (C=O) groups is 1. The van der Waals surface area contributed by atoms with Crippen LogP contribution in [0.3, 0.4) is 0 Å². The van der Waals surface area contributed by atoms with Crippen molar-refractivity contribution < 1.29 is 4.79 Å². The predicted octanol–water partition coefficient (Wildman–Crippen LogP) is 3.45. The molecular formula is C11H10OS2. The molecule has 0 spiro atoms. The van der Waals surface area contributed by atoms with Gasteiger partial charge >= 0.3 is 0 Å². The van der Waals surface area contributed by atoms with Gasteiger partial charge in [0.05, 0.1) is 10.6 Å². The van der Waals surface area contributed by atoms with E-state index >= 15 is 0 Å². The molecule has 0 saturated carbocycles. The fourth-order valence-electron chi connectivity index (χ4n) is 1.32. The summed E-state index contributed by atoms with van der Waals surface area (Å²) in [5.41, 5.74) is 0. The minimum atomic E-state index is 0.235. The Morgan fingerprint density at radius 2 is 2.21 bits per heavy atom. The van der Waals surface area contributed by atoms with Crippen LogP contribution in [-0.4, -0.2) is 17.8 Å². The lowest BCUT2D eigenvalue weighted by Crippen LogP contribution is -1.97. The Hall–Kier alpha value is -0.800. The maximum atomic E-state index is 11.6. The highest BCUT2D eigenvalue weighted by Crippen LogP contribution is 2.25. The highest BCUT2D eigenvalue weighted by Gasteiger charge is 2.08. The quantitative estimate of drug-likeness (QED) is 0.740. The van der Waals surface area contributed by atoms with Gasteiger partial charge < -0.3 is 0 Å². The lowest BCUT2D eigenvalue weighted by Gasteiger charge is -1.90. The zero-order valence-corrected chi connectivity index (χ0v) is 9.45. The first-order chi connectivity index (χ1) is 6.81. The molecule has 0 saturated heterocycles. The molecule has 1 aromatic carbocycles. The standard InChI is InChI=1S/C11H10OS2/c1-13-7-9(12)11-6-8-4-2-3-5-10(8)14-11/h2-6H,7H2,1H3. The topological polar surface area (TPSA) is 17.1 Å². The number of hydrogen-bond acceptors (Lipinski definition) is 3. The molecule has 2 rings (SSSR count). The molecule has 0 aliphatic heterocycles. The molecule has 1 aromatic heterocycles. The molecule has 0 bridgehead atoms.